The van der Waals surface area contributed by atoms with Crippen LogP contribution in [0.5, 0.6) is 5.75 Å². The topological polar surface area (TPSA) is 33.1 Å². The van der Waals surface area contributed by atoms with Gasteiger partial charge in [-0.05, 0) is 31.2 Å². The van der Waals surface area contributed by atoms with Crippen LogP contribution in [0.15, 0.2) is 64.5 Å². The molecule has 1 heterocycles. The molecule has 0 aliphatic rings. The fourth-order valence-corrected chi connectivity index (χ4v) is 2.75. The van der Waals surface area contributed by atoms with Gasteiger partial charge in [0.25, 0.3) is 0 Å². The first-order valence-electron chi connectivity index (χ1n) is 6.05. The van der Waals surface area contributed by atoms with Gasteiger partial charge in [0.2, 0.25) is 0 Å². The van der Waals surface area contributed by atoms with Crippen molar-refractivity contribution in [2.75, 3.05) is 0 Å². The van der Waals surface area contributed by atoms with Gasteiger partial charge in [-0.15, -0.1) is 0 Å². The molecule has 0 fully saturated rings. The minimum atomic E-state index is 0.302. The fraction of sp³-hybridized carbons (Fsp3) is 0.0625. The number of aromatic hydroxyl groups is 1. The highest BCUT2D eigenvalue weighted by atomic mass is 32.2. The Labute approximate surface area is 116 Å². The number of rotatable bonds is 2. The van der Waals surface area contributed by atoms with Gasteiger partial charge in [0.05, 0.1) is 10.4 Å². The highest BCUT2D eigenvalue weighted by Gasteiger charge is 2.08. The first-order valence-corrected chi connectivity index (χ1v) is 6.87. The Bertz CT molecular complexity index is 722. The van der Waals surface area contributed by atoms with Gasteiger partial charge in [-0.1, -0.05) is 41.6 Å². The lowest BCUT2D eigenvalue weighted by molar-refractivity contribution is 0.468. The van der Waals surface area contributed by atoms with Crippen LogP contribution >= 0.6 is 11.8 Å². The third kappa shape index (κ3) is 2.42. The molecule has 1 N–H and O–H groups in total. The second-order valence-corrected chi connectivity index (χ2v) is 5.52. The van der Waals surface area contributed by atoms with Gasteiger partial charge in [-0.2, -0.15) is 0 Å². The molecule has 3 heteroatoms. The van der Waals surface area contributed by atoms with E-state index in [1.54, 1.807) is 6.20 Å². The summed E-state index contributed by atoms with van der Waals surface area (Å²) in [5, 5.41) is 11.1. The maximum atomic E-state index is 10.3. The van der Waals surface area contributed by atoms with E-state index in [1.807, 2.05) is 24.3 Å². The van der Waals surface area contributed by atoms with Crippen molar-refractivity contribution in [1.82, 2.24) is 4.98 Å². The molecule has 3 rings (SSSR count). The second kappa shape index (κ2) is 4.94. The van der Waals surface area contributed by atoms with Crippen molar-refractivity contribution in [2.24, 2.45) is 0 Å². The summed E-state index contributed by atoms with van der Waals surface area (Å²) in [6.07, 6.45) is 1.72. The van der Waals surface area contributed by atoms with Crippen LogP contribution in [0, 0.1) is 6.92 Å². The summed E-state index contributed by atoms with van der Waals surface area (Å²) >= 11 is 1.53. The van der Waals surface area contributed by atoms with Crippen LogP contribution in [0.4, 0.5) is 0 Å². The molecule has 0 saturated carbocycles. The van der Waals surface area contributed by atoms with Crippen molar-refractivity contribution >= 4 is 22.7 Å². The van der Waals surface area contributed by atoms with Crippen LogP contribution in [0.2, 0.25) is 0 Å². The number of aryl methyl sites for hydroxylation is 1. The highest BCUT2D eigenvalue weighted by molar-refractivity contribution is 7.99. The maximum absolute atomic E-state index is 10.3. The molecule has 0 radical (unpaired) electrons. The van der Waals surface area contributed by atoms with Crippen molar-refractivity contribution in [3.05, 3.63) is 60.3 Å². The summed E-state index contributed by atoms with van der Waals surface area (Å²) in [6.45, 7) is 2.06. The summed E-state index contributed by atoms with van der Waals surface area (Å²) in [4.78, 5) is 6.25. The molecule has 2 nitrogen and oxygen atoms in total. The number of hydrogen-bond acceptors (Lipinski definition) is 3. The summed E-state index contributed by atoms with van der Waals surface area (Å²) in [6, 6.07) is 15.8. The number of hydrogen-bond donors (Lipinski definition) is 1. The number of pyridine rings is 1. The Kier molecular flexibility index (Phi) is 3.13. The lowest BCUT2D eigenvalue weighted by Gasteiger charge is -2.07. The van der Waals surface area contributed by atoms with Gasteiger partial charge >= 0.3 is 0 Å². The smallest absolute Gasteiger partial charge is 0.140 e. The Hall–Kier alpha value is -2.00. The average Bonchev–Trinajstić information content (AvgIpc) is 2.45. The molecule has 0 aliphatic heterocycles. The van der Waals surface area contributed by atoms with E-state index in [2.05, 4.69) is 36.2 Å². The monoisotopic (exact) mass is 267 g/mol. The third-order valence-electron chi connectivity index (χ3n) is 2.96. The first-order chi connectivity index (χ1) is 9.24. The molecule has 94 valence electrons. The van der Waals surface area contributed by atoms with E-state index >= 15 is 0 Å². The number of fused-ring (bicyclic) bond motifs is 1. The van der Waals surface area contributed by atoms with Gasteiger partial charge in [-0.25, -0.2) is 0 Å². The first kappa shape index (κ1) is 12.1. The molecule has 1 aromatic heterocycles. The van der Waals surface area contributed by atoms with E-state index in [4.69, 9.17) is 0 Å². The van der Waals surface area contributed by atoms with Crippen LogP contribution in [0.25, 0.3) is 10.9 Å². The van der Waals surface area contributed by atoms with E-state index in [-0.39, 0.29) is 0 Å². The third-order valence-corrected chi connectivity index (χ3v) is 3.99. The fourth-order valence-electron chi connectivity index (χ4n) is 1.92. The Morgan fingerprint density at radius 2 is 1.74 bits per heavy atom. The molecule has 0 amide bonds. The van der Waals surface area contributed by atoms with Gasteiger partial charge in [0, 0.05) is 16.5 Å². The van der Waals surface area contributed by atoms with Gasteiger partial charge in [-0.3, -0.25) is 4.98 Å². The Balaban J connectivity index is 2.01. The van der Waals surface area contributed by atoms with Crippen molar-refractivity contribution in [3.63, 3.8) is 0 Å². The zero-order valence-corrected chi connectivity index (χ0v) is 11.3. The standard InChI is InChI=1S/C16H13NOS/c1-11-6-8-12(9-7-11)19-15-10-17-14-5-3-2-4-13(14)16(15)18/h2-10H,1H3,(H,17,18). The minimum Gasteiger partial charge on any atom is -0.506 e. The molecule has 19 heavy (non-hydrogen) atoms. The summed E-state index contributed by atoms with van der Waals surface area (Å²) in [5.74, 6) is 0.302. The SMILES string of the molecule is Cc1ccc(Sc2cnc3ccccc3c2O)cc1. The molecule has 0 spiro atoms. The number of benzene rings is 2. The van der Waals surface area contributed by atoms with Crippen molar-refractivity contribution in [2.45, 2.75) is 16.7 Å². The van der Waals surface area contributed by atoms with Crippen molar-refractivity contribution in [1.29, 1.82) is 0 Å². The minimum absolute atomic E-state index is 0.302. The highest BCUT2D eigenvalue weighted by Crippen LogP contribution is 2.37. The number of para-hydroxylation sites is 1. The van der Waals surface area contributed by atoms with Crippen molar-refractivity contribution < 1.29 is 5.11 Å². The molecule has 0 unspecified atom stereocenters. The zero-order chi connectivity index (χ0) is 13.2. The molecule has 2 aromatic carbocycles. The summed E-state index contributed by atoms with van der Waals surface area (Å²) in [7, 11) is 0. The summed E-state index contributed by atoms with van der Waals surface area (Å²) in [5.41, 5.74) is 2.04. The molecule has 0 bridgehead atoms. The quantitative estimate of drug-likeness (QED) is 0.747. The van der Waals surface area contributed by atoms with E-state index in [0.29, 0.717) is 5.75 Å². The Morgan fingerprint density at radius 3 is 2.53 bits per heavy atom. The van der Waals surface area contributed by atoms with Crippen LogP contribution < -0.4 is 0 Å². The second-order valence-electron chi connectivity index (χ2n) is 4.40. The zero-order valence-electron chi connectivity index (χ0n) is 10.5. The molecular formula is C16H13NOS. The van der Waals surface area contributed by atoms with E-state index in [9.17, 15) is 5.11 Å². The van der Waals surface area contributed by atoms with Gasteiger partial charge in [0.1, 0.15) is 5.75 Å². The molecule has 0 aliphatic carbocycles. The maximum Gasteiger partial charge on any atom is 0.140 e. The molecule has 0 saturated heterocycles. The van der Waals surface area contributed by atoms with E-state index in [1.165, 1.54) is 17.3 Å². The van der Waals surface area contributed by atoms with E-state index < -0.39 is 0 Å². The van der Waals surface area contributed by atoms with Crippen LogP contribution in [0.3, 0.4) is 0 Å². The predicted molar refractivity (Wildman–Crippen MR) is 78.7 cm³/mol. The summed E-state index contributed by atoms with van der Waals surface area (Å²) < 4.78 is 0. The average molecular weight is 267 g/mol. The number of aromatic nitrogens is 1. The van der Waals surface area contributed by atoms with Crippen LogP contribution in [-0.2, 0) is 0 Å². The lowest BCUT2D eigenvalue weighted by atomic mass is 10.2. The molecule has 3 aromatic rings. The largest absolute Gasteiger partial charge is 0.506 e. The van der Waals surface area contributed by atoms with Crippen molar-refractivity contribution in [3.8, 4) is 5.75 Å². The van der Waals surface area contributed by atoms with Crippen LogP contribution in [0.1, 0.15) is 5.56 Å². The van der Waals surface area contributed by atoms with Crippen LogP contribution in [-0.4, -0.2) is 10.1 Å². The predicted octanol–water partition coefficient (Wildman–Crippen LogP) is 4.40. The normalized spacial score (nSPS) is 10.8. The van der Waals surface area contributed by atoms with Gasteiger partial charge in [0.15, 0.2) is 0 Å². The van der Waals surface area contributed by atoms with E-state index in [0.717, 1.165) is 20.7 Å². The Morgan fingerprint density at radius 1 is 1.00 bits per heavy atom. The molecular weight excluding hydrogens is 254 g/mol. The number of nitrogens with zero attached hydrogens (tertiary/aromatic N) is 1. The molecule has 0 atom stereocenters. The lowest BCUT2D eigenvalue weighted by Crippen LogP contribution is -1.83. The van der Waals surface area contributed by atoms with Gasteiger partial charge < -0.3 is 5.11 Å².